The Labute approximate surface area is 211 Å². The van der Waals surface area contributed by atoms with Crippen molar-refractivity contribution in [3.05, 3.63) is 76.6 Å². The molecule has 0 saturated carbocycles. The van der Waals surface area contributed by atoms with Crippen LogP contribution in [-0.4, -0.2) is 18.0 Å². The number of aromatic amines is 1. The highest BCUT2D eigenvalue weighted by atomic mass is 28.3. The molecule has 0 atom stereocenters. The molecule has 0 spiro atoms. The normalized spacial score (nSPS) is 12.3. The molecule has 35 heavy (non-hydrogen) atoms. The first-order valence-corrected chi connectivity index (χ1v) is 15.8. The van der Waals surface area contributed by atoms with E-state index >= 15 is 0 Å². The number of hydrogen-bond donors (Lipinski definition) is 1. The summed E-state index contributed by atoms with van der Waals surface area (Å²) in [5, 5.41) is 2.44. The minimum Gasteiger partial charge on any atom is -0.352 e. The van der Waals surface area contributed by atoms with Gasteiger partial charge in [-0.15, -0.1) is 5.54 Å². The maximum Gasteiger partial charge on any atom is 0.129 e. The van der Waals surface area contributed by atoms with E-state index in [4.69, 9.17) is 0 Å². The predicted octanol–water partition coefficient (Wildman–Crippen LogP) is 7.94. The highest BCUT2D eigenvalue weighted by Gasteiger charge is 2.21. The molecule has 2 heterocycles. The minimum absolute atomic E-state index is 0.00459. The van der Waals surface area contributed by atoms with Crippen LogP contribution >= 0.6 is 0 Å². The van der Waals surface area contributed by atoms with Crippen LogP contribution in [0.15, 0.2) is 48.8 Å². The monoisotopic (exact) mass is 476 g/mol. The van der Waals surface area contributed by atoms with Gasteiger partial charge in [0.15, 0.2) is 0 Å². The van der Waals surface area contributed by atoms with E-state index in [1.807, 2.05) is 18.3 Å². The van der Waals surface area contributed by atoms with Gasteiger partial charge in [-0.05, 0) is 58.4 Å². The number of pyridine rings is 1. The summed E-state index contributed by atoms with van der Waals surface area (Å²) in [4.78, 5) is 7.95. The fourth-order valence-electron chi connectivity index (χ4n) is 4.00. The summed E-state index contributed by atoms with van der Waals surface area (Å²) in [6, 6.07) is 13.1. The van der Waals surface area contributed by atoms with Crippen LogP contribution in [0.5, 0.6) is 0 Å². The van der Waals surface area contributed by atoms with E-state index < -0.39 is 8.07 Å². The lowest BCUT2D eigenvalue weighted by Gasteiger charge is -2.21. The van der Waals surface area contributed by atoms with Gasteiger partial charge in [0.1, 0.15) is 8.07 Å². The van der Waals surface area contributed by atoms with Crippen LogP contribution in [0.1, 0.15) is 69.4 Å². The molecule has 2 aromatic heterocycles. The molecule has 0 saturated heterocycles. The van der Waals surface area contributed by atoms with Crippen molar-refractivity contribution in [1.82, 2.24) is 9.97 Å². The van der Waals surface area contributed by atoms with Gasteiger partial charge in [0, 0.05) is 39.9 Å². The first-order chi connectivity index (χ1) is 16.2. The third kappa shape index (κ3) is 5.53. The SMILES string of the molecule is CC(C)(C)c1cc(C#Cc2cccnc2)c2[nH]c3c(C#C[Si](C)(C)C)cc(C(C)(C)C)cc3c2c1. The Hall–Kier alpha value is -3.27. The summed E-state index contributed by atoms with van der Waals surface area (Å²) in [6.07, 6.45) is 3.58. The fraction of sp³-hybridized carbons (Fsp3) is 0.344. The maximum atomic E-state index is 4.21. The van der Waals surface area contributed by atoms with Crippen molar-refractivity contribution in [2.75, 3.05) is 0 Å². The van der Waals surface area contributed by atoms with Gasteiger partial charge < -0.3 is 4.98 Å². The first-order valence-electron chi connectivity index (χ1n) is 12.3. The van der Waals surface area contributed by atoms with Gasteiger partial charge in [0.2, 0.25) is 0 Å². The van der Waals surface area contributed by atoms with Crippen LogP contribution in [0.4, 0.5) is 0 Å². The molecule has 3 heteroatoms. The van der Waals surface area contributed by atoms with Crippen LogP contribution in [0.3, 0.4) is 0 Å². The number of rotatable bonds is 0. The van der Waals surface area contributed by atoms with Crippen molar-refractivity contribution < 1.29 is 0 Å². The predicted molar refractivity (Wildman–Crippen MR) is 154 cm³/mol. The van der Waals surface area contributed by atoms with Gasteiger partial charge >= 0.3 is 0 Å². The largest absolute Gasteiger partial charge is 0.352 e. The summed E-state index contributed by atoms with van der Waals surface area (Å²) < 4.78 is 0. The second-order valence-corrected chi connectivity index (χ2v) is 17.3. The number of H-pyrrole nitrogens is 1. The smallest absolute Gasteiger partial charge is 0.129 e. The standard InChI is InChI=1S/C32H36N2Si/c1-31(2,3)25-17-23(13-12-22-11-10-15-33-21-22)29-27(19-25)28-20-26(32(4,5)6)18-24(30(28)34-29)14-16-35(7,8)9/h10-11,15,17-21,34H,1-9H3. The van der Waals surface area contributed by atoms with Crippen molar-refractivity contribution in [3.63, 3.8) is 0 Å². The van der Waals surface area contributed by atoms with Gasteiger partial charge in [0.05, 0.1) is 11.0 Å². The molecule has 0 amide bonds. The number of nitrogens with one attached hydrogen (secondary N) is 1. The van der Waals surface area contributed by atoms with Crippen LogP contribution in [-0.2, 0) is 10.8 Å². The molecule has 0 aliphatic heterocycles. The fourth-order valence-corrected chi connectivity index (χ4v) is 4.51. The van der Waals surface area contributed by atoms with Crippen LogP contribution in [0, 0.1) is 23.3 Å². The highest BCUT2D eigenvalue weighted by Crippen LogP contribution is 2.37. The summed E-state index contributed by atoms with van der Waals surface area (Å²) in [6.45, 7) is 20.4. The van der Waals surface area contributed by atoms with Crippen molar-refractivity contribution in [2.24, 2.45) is 0 Å². The first kappa shape index (κ1) is 24.8. The molecule has 0 radical (unpaired) electrons. The molecule has 2 nitrogen and oxygen atoms in total. The molecule has 1 N–H and O–H groups in total. The second-order valence-electron chi connectivity index (χ2n) is 12.5. The minimum atomic E-state index is -1.53. The van der Waals surface area contributed by atoms with Gasteiger partial charge in [-0.2, -0.15) is 0 Å². The molecule has 4 rings (SSSR count). The van der Waals surface area contributed by atoms with Gasteiger partial charge in [-0.3, -0.25) is 4.98 Å². The van der Waals surface area contributed by atoms with Gasteiger partial charge in [0.25, 0.3) is 0 Å². The Balaban J connectivity index is 2.10. The van der Waals surface area contributed by atoms with Crippen molar-refractivity contribution in [2.45, 2.75) is 72.0 Å². The van der Waals surface area contributed by atoms with E-state index in [1.165, 1.54) is 21.9 Å². The Kier molecular flexibility index (Phi) is 6.21. The van der Waals surface area contributed by atoms with Crippen LogP contribution in [0.2, 0.25) is 19.6 Å². The Morgan fingerprint density at radius 2 is 1.29 bits per heavy atom. The maximum absolute atomic E-state index is 4.21. The van der Waals surface area contributed by atoms with Crippen LogP contribution in [0.25, 0.3) is 21.8 Å². The number of nitrogens with zero attached hydrogens (tertiary/aromatic N) is 1. The van der Waals surface area contributed by atoms with E-state index in [2.05, 4.69) is 119 Å². The Morgan fingerprint density at radius 3 is 1.74 bits per heavy atom. The summed E-state index contributed by atoms with van der Waals surface area (Å²) in [5.41, 5.74) is 11.4. The molecule has 2 aromatic carbocycles. The van der Waals surface area contributed by atoms with Crippen LogP contribution < -0.4 is 0 Å². The van der Waals surface area contributed by atoms with E-state index in [9.17, 15) is 0 Å². The molecule has 4 aromatic rings. The zero-order valence-corrected chi connectivity index (χ0v) is 23.6. The Morgan fingerprint density at radius 1 is 0.743 bits per heavy atom. The quantitative estimate of drug-likeness (QED) is 0.202. The zero-order valence-electron chi connectivity index (χ0n) is 22.6. The average Bonchev–Trinajstić information content (AvgIpc) is 3.14. The zero-order chi connectivity index (χ0) is 25.6. The molecular weight excluding hydrogens is 440 g/mol. The number of fused-ring (bicyclic) bond motifs is 3. The lowest BCUT2D eigenvalue weighted by molar-refractivity contribution is 0.590. The molecule has 0 aliphatic carbocycles. The third-order valence-electron chi connectivity index (χ3n) is 6.12. The topological polar surface area (TPSA) is 28.7 Å². The molecule has 0 unspecified atom stereocenters. The van der Waals surface area contributed by atoms with Crippen molar-refractivity contribution >= 4 is 29.9 Å². The average molecular weight is 477 g/mol. The van der Waals surface area contributed by atoms with E-state index in [0.29, 0.717) is 0 Å². The summed E-state index contributed by atoms with van der Waals surface area (Å²) >= 11 is 0. The Bertz CT molecular complexity index is 1530. The molecule has 0 aliphatic rings. The van der Waals surface area contributed by atoms with E-state index in [0.717, 1.165) is 27.7 Å². The number of hydrogen-bond acceptors (Lipinski definition) is 1. The molecule has 0 fully saturated rings. The number of aromatic nitrogens is 2. The third-order valence-corrected chi connectivity index (χ3v) is 7.00. The molecule has 0 bridgehead atoms. The molecule has 178 valence electrons. The highest BCUT2D eigenvalue weighted by molar-refractivity contribution is 6.83. The summed E-state index contributed by atoms with van der Waals surface area (Å²) in [7, 11) is -1.53. The molecular formula is C32H36N2Si. The lowest BCUT2D eigenvalue weighted by Crippen LogP contribution is -2.16. The van der Waals surface area contributed by atoms with Gasteiger partial charge in [-0.25, -0.2) is 0 Å². The summed E-state index contributed by atoms with van der Waals surface area (Å²) in [5.74, 6) is 10.3. The number of benzene rings is 2. The van der Waals surface area contributed by atoms with Gasteiger partial charge in [-0.1, -0.05) is 78.9 Å². The lowest BCUT2D eigenvalue weighted by atomic mass is 9.83. The van der Waals surface area contributed by atoms with Crippen molar-refractivity contribution in [3.8, 4) is 23.3 Å². The van der Waals surface area contributed by atoms with E-state index in [-0.39, 0.29) is 10.8 Å². The second kappa shape index (κ2) is 8.74. The van der Waals surface area contributed by atoms with Crippen molar-refractivity contribution in [1.29, 1.82) is 0 Å². The van der Waals surface area contributed by atoms with E-state index in [1.54, 1.807) is 6.20 Å².